The maximum absolute atomic E-state index is 12.2. The van der Waals surface area contributed by atoms with Crippen LogP contribution in [0.4, 0.5) is 0 Å². The van der Waals surface area contributed by atoms with E-state index in [4.69, 9.17) is 4.74 Å². The number of Topliss-reactive ketones (excluding diaryl/α,β-unsaturated/α-hetero) is 1. The van der Waals surface area contributed by atoms with Gasteiger partial charge in [0.15, 0.2) is 5.78 Å². The van der Waals surface area contributed by atoms with Crippen molar-refractivity contribution in [2.24, 2.45) is 5.92 Å². The lowest BCUT2D eigenvalue weighted by Gasteiger charge is -2.19. The fourth-order valence-corrected chi connectivity index (χ4v) is 1.93. The first-order valence-corrected chi connectivity index (χ1v) is 6.25. The largest absolute Gasteiger partial charge is 0.370 e. The van der Waals surface area contributed by atoms with Crippen molar-refractivity contribution in [3.05, 3.63) is 35.4 Å². The molecule has 0 heterocycles. The van der Waals surface area contributed by atoms with Crippen molar-refractivity contribution in [1.29, 1.82) is 0 Å². The Bertz CT molecular complexity index is 369. The van der Waals surface area contributed by atoms with Gasteiger partial charge in [0, 0.05) is 13.0 Å². The molecule has 0 N–H and O–H groups in total. The van der Waals surface area contributed by atoms with Crippen molar-refractivity contribution in [3.63, 3.8) is 0 Å². The number of carbonyl (C=O) groups excluding carboxylic acids is 1. The predicted molar refractivity (Wildman–Crippen MR) is 70.1 cm³/mol. The van der Waals surface area contributed by atoms with Crippen LogP contribution in [0.5, 0.6) is 0 Å². The molecule has 94 valence electrons. The van der Waals surface area contributed by atoms with E-state index in [9.17, 15) is 4.79 Å². The van der Waals surface area contributed by atoms with Gasteiger partial charge in [-0.3, -0.25) is 4.79 Å². The van der Waals surface area contributed by atoms with Gasteiger partial charge in [-0.15, -0.1) is 0 Å². The van der Waals surface area contributed by atoms with E-state index >= 15 is 0 Å². The Morgan fingerprint density at radius 1 is 1.29 bits per heavy atom. The van der Waals surface area contributed by atoms with E-state index in [1.165, 1.54) is 5.56 Å². The average molecular weight is 234 g/mol. The molecule has 0 saturated heterocycles. The zero-order chi connectivity index (χ0) is 12.8. The van der Waals surface area contributed by atoms with Gasteiger partial charge in [0.2, 0.25) is 0 Å². The molecule has 17 heavy (non-hydrogen) atoms. The standard InChI is InChI=1S/C15H22O2/c1-5-17-15(11(2)3)14(16)10-13-9-7-6-8-12(13)4/h6-9,11,15H,5,10H2,1-4H3. The van der Waals surface area contributed by atoms with Gasteiger partial charge in [-0.25, -0.2) is 0 Å². The first kappa shape index (κ1) is 13.9. The highest BCUT2D eigenvalue weighted by molar-refractivity contribution is 5.85. The molecular formula is C15H22O2. The van der Waals surface area contributed by atoms with Crippen molar-refractivity contribution in [2.75, 3.05) is 6.61 Å². The molecule has 1 atom stereocenters. The smallest absolute Gasteiger partial charge is 0.166 e. The summed E-state index contributed by atoms with van der Waals surface area (Å²) < 4.78 is 5.53. The Balaban J connectivity index is 2.73. The third kappa shape index (κ3) is 3.97. The number of carbonyl (C=O) groups is 1. The second-order valence-electron chi connectivity index (χ2n) is 4.69. The Morgan fingerprint density at radius 2 is 1.94 bits per heavy atom. The van der Waals surface area contributed by atoms with E-state index in [1.54, 1.807) is 0 Å². The Labute approximate surface area is 104 Å². The second kappa shape index (κ2) is 6.55. The zero-order valence-corrected chi connectivity index (χ0v) is 11.2. The Hall–Kier alpha value is -1.15. The fraction of sp³-hybridized carbons (Fsp3) is 0.533. The normalized spacial score (nSPS) is 12.8. The molecule has 0 saturated carbocycles. The quantitative estimate of drug-likeness (QED) is 0.755. The van der Waals surface area contributed by atoms with Crippen LogP contribution in [0.15, 0.2) is 24.3 Å². The summed E-state index contributed by atoms with van der Waals surface area (Å²) in [5, 5.41) is 0. The van der Waals surface area contributed by atoms with Crippen LogP contribution in [0.2, 0.25) is 0 Å². The van der Waals surface area contributed by atoms with Crippen molar-refractivity contribution >= 4 is 5.78 Å². The molecule has 0 fully saturated rings. The van der Waals surface area contributed by atoms with Gasteiger partial charge < -0.3 is 4.74 Å². The Morgan fingerprint density at radius 3 is 2.47 bits per heavy atom. The van der Waals surface area contributed by atoms with Gasteiger partial charge in [-0.1, -0.05) is 38.1 Å². The topological polar surface area (TPSA) is 26.3 Å². The number of ketones is 1. The molecular weight excluding hydrogens is 212 g/mol. The lowest BCUT2D eigenvalue weighted by molar-refractivity contribution is -0.132. The van der Waals surface area contributed by atoms with Crippen LogP contribution in [0, 0.1) is 12.8 Å². The van der Waals surface area contributed by atoms with Crippen molar-refractivity contribution in [2.45, 2.75) is 40.2 Å². The molecule has 1 aromatic rings. The van der Waals surface area contributed by atoms with E-state index in [-0.39, 0.29) is 17.8 Å². The van der Waals surface area contributed by atoms with E-state index in [0.29, 0.717) is 13.0 Å². The molecule has 0 bridgehead atoms. The van der Waals surface area contributed by atoms with Gasteiger partial charge in [0.1, 0.15) is 6.10 Å². The van der Waals surface area contributed by atoms with Crippen LogP contribution in [-0.4, -0.2) is 18.5 Å². The molecule has 0 aliphatic carbocycles. The molecule has 1 rings (SSSR count). The molecule has 0 spiro atoms. The molecule has 1 unspecified atom stereocenters. The van der Waals surface area contributed by atoms with Crippen LogP contribution in [-0.2, 0) is 16.0 Å². The lowest BCUT2D eigenvalue weighted by atomic mass is 9.96. The fourth-order valence-electron chi connectivity index (χ4n) is 1.93. The summed E-state index contributed by atoms with van der Waals surface area (Å²) in [6.07, 6.45) is 0.190. The van der Waals surface area contributed by atoms with Crippen molar-refractivity contribution in [3.8, 4) is 0 Å². The summed E-state index contributed by atoms with van der Waals surface area (Å²) in [7, 11) is 0. The molecule has 2 nitrogen and oxygen atoms in total. The summed E-state index contributed by atoms with van der Waals surface area (Å²) in [6, 6.07) is 8.01. The summed E-state index contributed by atoms with van der Waals surface area (Å²) in [5.74, 6) is 0.405. The van der Waals surface area contributed by atoms with E-state index in [1.807, 2.05) is 52.0 Å². The minimum absolute atomic E-state index is 0.177. The van der Waals surface area contributed by atoms with Crippen LogP contribution in [0.25, 0.3) is 0 Å². The second-order valence-corrected chi connectivity index (χ2v) is 4.69. The van der Waals surface area contributed by atoms with Gasteiger partial charge in [-0.2, -0.15) is 0 Å². The van der Waals surface area contributed by atoms with E-state index in [0.717, 1.165) is 5.56 Å². The van der Waals surface area contributed by atoms with E-state index in [2.05, 4.69) is 0 Å². The molecule has 0 amide bonds. The number of hydrogen-bond acceptors (Lipinski definition) is 2. The molecule has 0 radical (unpaired) electrons. The van der Waals surface area contributed by atoms with Gasteiger partial charge in [0.25, 0.3) is 0 Å². The number of benzene rings is 1. The van der Waals surface area contributed by atoms with Crippen LogP contribution in [0.1, 0.15) is 31.9 Å². The van der Waals surface area contributed by atoms with Gasteiger partial charge >= 0.3 is 0 Å². The minimum atomic E-state index is -0.278. The van der Waals surface area contributed by atoms with Crippen LogP contribution >= 0.6 is 0 Å². The number of aryl methyl sites for hydroxylation is 1. The molecule has 2 heteroatoms. The lowest BCUT2D eigenvalue weighted by Crippen LogP contribution is -2.31. The molecule has 0 aliphatic heterocycles. The highest BCUT2D eigenvalue weighted by Crippen LogP contribution is 2.14. The summed E-state index contributed by atoms with van der Waals surface area (Å²) >= 11 is 0. The highest BCUT2D eigenvalue weighted by atomic mass is 16.5. The zero-order valence-electron chi connectivity index (χ0n) is 11.2. The van der Waals surface area contributed by atoms with Crippen LogP contribution in [0.3, 0.4) is 0 Å². The van der Waals surface area contributed by atoms with E-state index < -0.39 is 0 Å². The SMILES string of the molecule is CCOC(C(=O)Cc1ccccc1C)C(C)C. The third-order valence-corrected chi connectivity index (χ3v) is 2.89. The Kier molecular flexibility index (Phi) is 5.36. The predicted octanol–water partition coefficient (Wildman–Crippen LogP) is 3.17. The minimum Gasteiger partial charge on any atom is -0.370 e. The van der Waals surface area contributed by atoms with Gasteiger partial charge in [-0.05, 0) is 30.9 Å². The summed E-state index contributed by atoms with van der Waals surface area (Å²) in [5.41, 5.74) is 2.27. The van der Waals surface area contributed by atoms with Gasteiger partial charge in [0.05, 0.1) is 0 Å². The molecule has 0 aliphatic rings. The maximum atomic E-state index is 12.2. The van der Waals surface area contributed by atoms with Crippen molar-refractivity contribution in [1.82, 2.24) is 0 Å². The molecule has 0 aromatic heterocycles. The number of hydrogen-bond donors (Lipinski definition) is 0. The first-order valence-electron chi connectivity index (χ1n) is 6.25. The number of ether oxygens (including phenoxy) is 1. The van der Waals surface area contributed by atoms with Crippen molar-refractivity contribution < 1.29 is 9.53 Å². The van der Waals surface area contributed by atoms with Crippen LogP contribution < -0.4 is 0 Å². The molecule has 1 aromatic carbocycles. The average Bonchev–Trinajstić information content (AvgIpc) is 2.28. The summed E-state index contributed by atoms with van der Waals surface area (Å²) in [6.45, 7) is 8.60. The number of rotatable bonds is 6. The maximum Gasteiger partial charge on any atom is 0.166 e. The first-order chi connectivity index (χ1) is 8.06. The monoisotopic (exact) mass is 234 g/mol. The third-order valence-electron chi connectivity index (χ3n) is 2.89. The highest BCUT2D eigenvalue weighted by Gasteiger charge is 2.22. The summed E-state index contributed by atoms with van der Waals surface area (Å²) in [4.78, 5) is 12.2.